The second kappa shape index (κ2) is 9.33. The highest BCUT2D eigenvalue weighted by molar-refractivity contribution is 5.24. The third kappa shape index (κ3) is 5.29. The molecule has 26 heavy (non-hydrogen) atoms. The fraction of sp³-hybridized carbons (Fsp3) is 0.250. The van der Waals surface area contributed by atoms with Crippen LogP contribution < -0.4 is 0 Å². The van der Waals surface area contributed by atoms with Crippen LogP contribution in [0.1, 0.15) is 47.3 Å². The lowest BCUT2D eigenvalue weighted by atomic mass is 9.98. The molecule has 3 aromatic carbocycles. The van der Waals surface area contributed by atoms with Gasteiger partial charge in [-0.25, -0.2) is 0 Å². The summed E-state index contributed by atoms with van der Waals surface area (Å²) in [4.78, 5) is 0. The van der Waals surface area contributed by atoms with Crippen LogP contribution in [0.2, 0.25) is 0 Å². The van der Waals surface area contributed by atoms with Gasteiger partial charge in [-0.15, -0.1) is 0 Å². The van der Waals surface area contributed by atoms with Gasteiger partial charge in [0.1, 0.15) is 0 Å². The standard InChI is InChI=1S/C24H26O2/c25-23(21-7-3-1-4-8-21)17-15-19-11-13-20(14-12-19)16-18-24(26)22-9-5-2-6-10-22/h1-14,23-26H,15-18H2. The van der Waals surface area contributed by atoms with Crippen LogP contribution in [0.3, 0.4) is 0 Å². The molecule has 3 aromatic rings. The maximum absolute atomic E-state index is 10.3. The summed E-state index contributed by atoms with van der Waals surface area (Å²) in [6.07, 6.45) is 2.30. The molecule has 0 saturated carbocycles. The van der Waals surface area contributed by atoms with Gasteiger partial charge in [-0.3, -0.25) is 0 Å². The van der Waals surface area contributed by atoms with Crippen molar-refractivity contribution in [1.29, 1.82) is 0 Å². The van der Waals surface area contributed by atoms with Gasteiger partial charge in [0.05, 0.1) is 12.2 Å². The first-order chi connectivity index (χ1) is 12.7. The summed E-state index contributed by atoms with van der Waals surface area (Å²) in [6, 6.07) is 28.1. The minimum absolute atomic E-state index is 0.420. The summed E-state index contributed by atoms with van der Waals surface area (Å²) in [5.41, 5.74) is 4.40. The van der Waals surface area contributed by atoms with Gasteiger partial charge in [0.25, 0.3) is 0 Å². The normalized spacial score (nSPS) is 13.3. The summed E-state index contributed by atoms with van der Waals surface area (Å²) in [6.45, 7) is 0. The van der Waals surface area contributed by atoms with Crippen LogP contribution in [-0.4, -0.2) is 10.2 Å². The van der Waals surface area contributed by atoms with Crippen LogP contribution in [0.15, 0.2) is 84.9 Å². The third-order valence-electron chi connectivity index (χ3n) is 4.80. The largest absolute Gasteiger partial charge is 0.388 e. The van der Waals surface area contributed by atoms with Gasteiger partial charge in [0, 0.05) is 0 Å². The molecule has 2 unspecified atom stereocenters. The van der Waals surface area contributed by atoms with Crippen molar-refractivity contribution >= 4 is 0 Å². The first-order valence-electron chi connectivity index (χ1n) is 9.26. The molecule has 134 valence electrons. The van der Waals surface area contributed by atoms with Gasteiger partial charge in [-0.1, -0.05) is 84.9 Å². The zero-order valence-corrected chi connectivity index (χ0v) is 15.0. The van der Waals surface area contributed by atoms with Crippen LogP contribution in [-0.2, 0) is 12.8 Å². The molecule has 0 aromatic heterocycles. The lowest BCUT2D eigenvalue weighted by molar-refractivity contribution is 0.167. The monoisotopic (exact) mass is 346 g/mol. The molecule has 2 atom stereocenters. The quantitative estimate of drug-likeness (QED) is 0.601. The zero-order chi connectivity index (χ0) is 18.2. The highest BCUT2D eigenvalue weighted by Gasteiger charge is 2.08. The molecule has 0 bridgehead atoms. The van der Waals surface area contributed by atoms with E-state index in [2.05, 4.69) is 24.3 Å². The molecule has 0 aliphatic carbocycles. The summed E-state index contributed by atoms with van der Waals surface area (Å²) in [5.74, 6) is 0. The number of hydrogen-bond acceptors (Lipinski definition) is 2. The summed E-state index contributed by atoms with van der Waals surface area (Å²) in [7, 11) is 0. The molecule has 2 heteroatoms. The van der Waals surface area contributed by atoms with Crippen molar-refractivity contribution in [3.63, 3.8) is 0 Å². The maximum Gasteiger partial charge on any atom is 0.0793 e. The second-order valence-corrected chi connectivity index (χ2v) is 6.75. The van der Waals surface area contributed by atoms with E-state index in [-0.39, 0.29) is 0 Å². The van der Waals surface area contributed by atoms with Crippen molar-refractivity contribution in [2.24, 2.45) is 0 Å². The van der Waals surface area contributed by atoms with E-state index in [4.69, 9.17) is 0 Å². The summed E-state index contributed by atoms with van der Waals surface area (Å²) < 4.78 is 0. The van der Waals surface area contributed by atoms with Gasteiger partial charge in [0.15, 0.2) is 0 Å². The van der Waals surface area contributed by atoms with E-state index in [9.17, 15) is 10.2 Å². The second-order valence-electron chi connectivity index (χ2n) is 6.75. The number of aliphatic hydroxyl groups is 2. The number of aliphatic hydroxyl groups excluding tert-OH is 2. The van der Waals surface area contributed by atoms with Crippen molar-refractivity contribution in [3.8, 4) is 0 Å². The molecular formula is C24H26O2. The van der Waals surface area contributed by atoms with Gasteiger partial charge in [-0.05, 0) is 47.9 Å². The van der Waals surface area contributed by atoms with Crippen LogP contribution >= 0.6 is 0 Å². The Bertz CT molecular complexity index is 698. The molecule has 0 radical (unpaired) electrons. The Hall–Kier alpha value is -2.42. The Kier molecular flexibility index (Phi) is 6.59. The minimum atomic E-state index is -0.420. The average Bonchev–Trinajstić information content (AvgIpc) is 2.72. The fourth-order valence-electron chi connectivity index (χ4n) is 3.16. The molecule has 2 nitrogen and oxygen atoms in total. The fourth-order valence-corrected chi connectivity index (χ4v) is 3.16. The Morgan fingerprint density at radius 2 is 0.846 bits per heavy atom. The average molecular weight is 346 g/mol. The van der Waals surface area contributed by atoms with Gasteiger partial charge < -0.3 is 10.2 Å². The lowest BCUT2D eigenvalue weighted by Crippen LogP contribution is -2.00. The molecule has 0 saturated heterocycles. The Labute approximate surface area is 155 Å². The predicted molar refractivity (Wildman–Crippen MR) is 106 cm³/mol. The van der Waals surface area contributed by atoms with Crippen LogP contribution in [0.25, 0.3) is 0 Å². The van der Waals surface area contributed by atoms with Gasteiger partial charge >= 0.3 is 0 Å². The zero-order valence-electron chi connectivity index (χ0n) is 15.0. The number of benzene rings is 3. The van der Waals surface area contributed by atoms with Crippen molar-refractivity contribution in [3.05, 3.63) is 107 Å². The first kappa shape index (κ1) is 18.4. The lowest BCUT2D eigenvalue weighted by Gasteiger charge is -2.12. The molecular weight excluding hydrogens is 320 g/mol. The number of rotatable bonds is 8. The van der Waals surface area contributed by atoms with Crippen LogP contribution in [0.5, 0.6) is 0 Å². The van der Waals surface area contributed by atoms with E-state index in [1.165, 1.54) is 11.1 Å². The molecule has 0 fully saturated rings. The number of aryl methyl sites for hydroxylation is 2. The maximum atomic E-state index is 10.3. The highest BCUT2D eigenvalue weighted by atomic mass is 16.3. The Morgan fingerprint density at radius 3 is 1.19 bits per heavy atom. The third-order valence-corrected chi connectivity index (χ3v) is 4.80. The molecule has 2 N–H and O–H groups in total. The predicted octanol–water partition coefficient (Wildman–Crippen LogP) is 5.02. The van der Waals surface area contributed by atoms with Gasteiger partial charge in [0.2, 0.25) is 0 Å². The molecule has 0 amide bonds. The van der Waals surface area contributed by atoms with Crippen molar-refractivity contribution in [1.82, 2.24) is 0 Å². The van der Waals surface area contributed by atoms with Crippen molar-refractivity contribution in [2.45, 2.75) is 37.9 Å². The van der Waals surface area contributed by atoms with Crippen LogP contribution in [0, 0.1) is 0 Å². The van der Waals surface area contributed by atoms with Gasteiger partial charge in [-0.2, -0.15) is 0 Å². The van der Waals surface area contributed by atoms with E-state index in [1.807, 2.05) is 60.7 Å². The van der Waals surface area contributed by atoms with E-state index < -0.39 is 12.2 Å². The molecule has 0 aliphatic rings. The smallest absolute Gasteiger partial charge is 0.0793 e. The Morgan fingerprint density at radius 1 is 0.500 bits per heavy atom. The van der Waals surface area contributed by atoms with Crippen molar-refractivity contribution < 1.29 is 10.2 Å². The summed E-state index contributed by atoms with van der Waals surface area (Å²) in [5, 5.41) is 20.5. The first-order valence-corrected chi connectivity index (χ1v) is 9.26. The van der Waals surface area contributed by atoms with E-state index in [1.54, 1.807) is 0 Å². The molecule has 0 heterocycles. The Balaban J connectivity index is 1.47. The molecule has 3 rings (SSSR count). The van der Waals surface area contributed by atoms with E-state index in [0.717, 1.165) is 36.8 Å². The number of hydrogen-bond donors (Lipinski definition) is 2. The topological polar surface area (TPSA) is 40.5 Å². The van der Waals surface area contributed by atoms with Crippen LogP contribution in [0.4, 0.5) is 0 Å². The SMILES string of the molecule is OC(CCc1ccc(CCC(O)c2ccccc2)cc1)c1ccccc1. The summed E-state index contributed by atoms with van der Waals surface area (Å²) >= 11 is 0. The highest BCUT2D eigenvalue weighted by Crippen LogP contribution is 2.21. The van der Waals surface area contributed by atoms with E-state index >= 15 is 0 Å². The molecule has 0 spiro atoms. The molecule has 0 aliphatic heterocycles. The minimum Gasteiger partial charge on any atom is -0.388 e. The van der Waals surface area contributed by atoms with Crippen molar-refractivity contribution in [2.75, 3.05) is 0 Å². The van der Waals surface area contributed by atoms with E-state index in [0.29, 0.717) is 0 Å².